The van der Waals surface area contributed by atoms with E-state index in [1.165, 1.54) is 0 Å². The summed E-state index contributed by atoms with van der Waals surface area (Å²) >= 11 is 0. The van der Waals surface area contributed by atoms with E-state index in [-0.39, 0.29) is 30.2 Å². The van der Waals surface area contributed by atoms with Crippen LogP contribution in [0.15, 0.2) is 0 Å². The predicted molar refractivity (Wildman–Crippen MR) is 22.2 cm³/mol. The molecule has 2 radical (unpaired) electrons. The molecular formula is C2H4O3Sn. The van der Waals surface area contributed by atoms with Crippen LogP contribution in [0.3, 0.4) is 0 Å². The van der Waals surface area contributed by atoms with Crippen molar-refractivity contribution in [1.82, 2.24) is 0 Å². The summed E-state index contributed by atoms with van der Waals surface area (Å²) in [5.74, 6) is -1.43. The Morgan fingerprint density at radius 3 is 1.83 bits per heavy atom. The van der Waals surface area contributed by atoms with E-state index in [2.05, 4.69) is 0 Å². The Bertz CT molecular complexity index is 59.8. The number of hydrogen-bond acceptors (Lipinski definition) is 2. The van der Waals surface area contributed by atoms with Crippen LogP contribution in [0.4, 0.5) is 0 Å². The fraction of sp³-hybridized carbons (Fsp3) is 0. The average molecular weight is 195 g/mol. The van der Waals surface area contributed by atoms with Crippen LogP contribution < -0.4 is 0 Å². The molecule has 0 aromatic rings. The molecule has 0 amide bonds. The number of carboxylic acids is 1. The van der Waals surface area contributed by atoms with Gasteiger partial charge in [0.15, 0.2) is 0 Å². The molecule has 1 N–H and O–H groups in total. The molecule has 34 valence electrons. The van der Waals surface area contributed by atoms with E-state index >= 15 is 0 Å². The van der Waals surface area contributed by atoms with E-state index in [9.17, 15) is 0 Å². The fourth-order valence-corrected chi connectivity index (χ4v) is 0. The summed E-state index contributed by atoms with van der Waals surface area (Å²) in [6.45, 7) is 0. The monoisotopic (exact) mass is 196 g/mol. The van der Waals surface area contributed by atoms with Crippen LogP contribution in [0.25, 0.3) is 0 Å². The van der Waals surface area contributed by atoms with Gasteiger partial charge in [-0.05, 0) is 0 Å². The predicted octanol–water partition coefficient (Wildman–Crippen LogP) is -1.65. The molecule has 0 rings (SSSR count). The number of rotatable bonds is 1. The van der Waals surface area contributed by atoms with E-state index in [4.69, 9.17) is 14.7 Å². The second kappa shape index (κ2) is 4.94. The molecule has 4 heteroatoms. The van der Waals surface area contributed by atoms with Gasteiger partial charge in [0.1, 0.15) is 0 Å². The van der Waals surface area contributed by atoms with Crippen LogP contribution in [-0.4, -0.2) is 41.3 Å². The van der Waals surface area contributed by atoms with E-state index in [0.29, 0.717) is 0 Å². The second-order valence-electron chi connectivity index (χ2n) is 0.456. The van der Waals surface area contributed by atoms with Gasteiger partial charge in [-0.1, -0.05) is 0 Å². The van der Waals surface area contributed by atoms with Gasteiger partial charge in [-0.25, -0.2) is 4.79 Å². The molecule has 0 spiro atoms. The van der Waals surface area contributed by atoms with Crippen molar-refractivity contribution in [2.75, 3.05) is 0 Å². The summed E-state index contributed by atoms with van der Waals surface area (Å²) < 4.78 is 0. The van der Waals surface area contributed by atoms with Crippen LogP contribution in [0, 0.1) is 0 Å². The van der Waals surface area contributed by atoms with Gasteiger partial charge in [-0.2, -0.15) is 0 Å². The fourth-order valence-electron chi connectivity index (χ4n) is 0. The Balaban J connectivity index is 0. The van der Waals surface area contributed by atoms with Crippen LogP contribution in [0.1, 0.15) is 0 Å². The molecule has 0 atom stereocenters. The van der Waals surface area contributed by atoms with Gasteiger partial charge in [0.2, 0.25) is 6.29 Å². The first-order chi connectivity index (χ1) is 2.27. The topological polar surface area (TPSA) is 54.4 Å². The molecule has 0 bridgehead atoms. The molecule has 0 aromatic carbocycles. The molecule has 0 saturated carbocycles. The zero-order valence-electron chi connectivity index (χ0n) is 3.05. The molecule has 0 aliphatic carbocycles. The van der Waals surface area contributed by atoms with E-state index < -0.39 is 5.97 Å². The summed E-state index contributed by atoms with van der Waals surface area (Å²) in [6.07, 6.45) is -0.167. The summed E-state index contributed by atoms with van der Waals surface area (Å²) in [5, 5.41) is 7.35. The van der Waals surface area contributed by atoms with Gasteiger partial charge in [-0.15, -0.1) is 0 Å². The minimum atomic E-state index is -1.43. The maximum atomic E-state index is 9.00. The van der Waals surface area contributed by atoms with Gasteiger partial charge in [-0.3, -0.25) is 4.79 Å². The van der Waals surface area contributed by atoms with Crippen molar-refractivity contribution in [2.24, 2.45) is 0 Å². The molecule has 0 fully saturated rings. The molecule has 0 aliphatic heterocycles. The zero-order valence-corrected chi connectivity index (χ0v) is 7.08. The van der Waals surface area contributed by atoms with E-state index in [0.717, 1.165) is 0 Å². The Morgan fingerprint density at radius 1 is 1.67 bits per heavy atom. The number of aliphatic carboxylic acids is 1. The normalized spacial score (nSPS) is 5.33. The number of carbonyl (C=O) groups is 2. The molecule has 0 unspecified atom stereocenters. The third-order valence-electron chi connectivity index (χ3n) is 0.101. The number of carboxylic acid groups (broad SMARTS) is 1. The van der Waals surface area contributed by atoms with Gasteiger partial charge in [0.25, 0.3) is 0 Å². The standard InChI is InChI=1S/C2H2O3.Sn.2H/c3-1-2(4)5;;;/h1H,(H,4,5);;;. The third-order valence-corrected chi connectivity index (χ3v) is 0.101. The van der Waals surface area contributed by atoms with Crippen molar-refractivity contribution in [2.45, 2.75) is 0 Å². The van der Waals surface area contributed by atoms with E-state index in [1.54, 1.807) is 0 Å². The van der Waals surface area contributed by atoms with Crippen LogP contribution >= 0.6 is 0 Å². The van der Waals surface area contributed by atoms with Crippen molar-refractivity contribution in [3.8, 4) is 0 Å². The van der Waals surface area contributed by atoms with Crippen LogP contribution in [-0.2, 0) is 9.59 Å². The molecule has 0 heterocycles. The Hall–Kier alpha value is -0.0613. The van der Waals surface area contributed by atoms with Crippen molar-refractivity contribution >= 4 is 36.2 Å². The van der Waals surface area contributed by atoms with Gasteiger partial charge >= 0.3 is 29.9 Å². The Labute approximate surface area is 51.3 Å². The molecular weight excluding hydrogens is 191 g/mol. The maximum absolute atomic E-state index is 9.00. The minimum absolute atomic E-state index is 0. The Kier molecular flexibility index (Phi) is 7.69. The van der Waals surface area contributed by atoms with Gasteiger partial charge in [0.05, 0.1) is 0 Å². The summed E-state index contributed by atoms with van der Waals surface area (Å²) in [6, 6.07) is 0. The molecule has 0 aromatic heterocycles. The summed E-state index contributed by atoms with van der Waals surface area (Å²) in [4.78, 5) is 17.9. The summed E-state index contributed by atoms with van der Waals surface area (Å²) in [5.41, 5.74) is 0. The van der Waals surface area contributed by atoms with Gasteiger partial charge in [0, 0.05) is 0 Å². The molecule has 0 aliphatic rings. The van der Waals surface area contributed by atoms with Crippen molar-refractivity contribution < 1.29 is 14.7 Å². The molecule has 3 nitrogen and oxygen atoms in total. The molecule has 6 heavy (non-hydrogen) atoms. The average Bonchev–Trinajstić information content (AvgIpc) is 1.38. The van der Waals surface area contributed by atoms with Crippen molar-refractivity contribution in [3.05, 3.63) is 0 Å². The van der Waals surface area contributed by atoms with Crippen molar-refractivity contribution in [3.63, 3.8) is 0 Å². The first-order valence-corrected chi connectivity index (χ1v) is 0.952. The Morgan fingerprint density at radius 2 is 1.83 bits per heavy atom. The third kappa shape index (κ3) is 9.05. The van der Waals surface area contributed by atoms with Crippen LogP contribution in [0.5, 0.6) is 0 Å². The van der Waals surface area contributed by atoms with E-state index in [1.807, 2.05) is 0 Å². The number of carbonyl (C=O) groups excluding carboxylic acids is 1. The zero-order chi connectivity index (χ0) is 4.28. The summed E-state index contributed by atoms with van der Waals surface area (Å²) in [7, 11) is 0. The number of hydrogen-bond donors (Lipinski definition) is 1. The SMILES string of the molecule is O=CC(=O)O.[SnH2]. The first kappa shape index (κ1) is 9.34. The first-order valence-electron chi connectivity index (χ1n) is 0.952. The quantitative estimate of drug-likeness (QED) is 0.310. The molecule has 0 saturated heterocycles. The van der Waals surface area contributed by atoms with Crippen molar-refractivity contribution in [1.29, 1.82) is 0 Å². The number of aldehydes is 1. The second-order valence-corrected chi connectivity index (χ2v) is 0.456. The van der Waals surface area contributed by atoms with Crippen LogP contribution in [0.2, 0.25) is 0 Å². The van der Waals surface area contributed by atoms with Gasteiger partial charge < -0.3 is 5.11 Å².